The molecule has 1 unspecified atom stereocenters. The van der Waals surface area contributed by atoms with Crippen molar-refractivity contribution in [2.75, 3.05) is 0 Å². The minimum absolute atomic E-state index is 0.0641. The molecule has 18 heavy (non-hydrogen) atoms. The van der Waals surface area contributed by atoms with Gasteiger partial charge in [0, 0.05) is 6.42 Å². The first-order chi connectivity index (χ1) is 8.32. The second kappa shape index (κ2) is 6.02. The highest BCUT2D eigenvalue weighted by molar-refractivity contribution is 5.72. The van der Waals surface area contributed by atoms with Crippen LogP contribution in [0.5, 0.6) is 0 Å². The van der Waals surface area contributed by atoms with E-state index in [2.05, 4.69) is 6.92 Å². The Balaban J connectivity index is 2.40. The summed E-state index contributed by atoms with van der Waals surface area (Å²) in [5, 5.41) is 0. The van der Waals surface area contributed by atoms with Gasteiger partial charge in [-0.3, -0.25) is 4.79 Å². The number of ether oxygens (including phenoxy) is 1. The summed E-state index contributed by atoms with van der Waals surface area (Å²) in [7, 11) is 0. The molecule has 0 N–H and O–H groups in total. The second-order valence-electron chi connectivity index (χ2n) is 5.88. The molecule has 1 heterocycles. The third-order valence-corrected chi connectivity index (χ3v) is 3.37. The highest BCUT2D eigenvalue weighted by Gasteiger charge is 2.43. The molecular weight excluding hydrogens is 232 g/mol. The maximum atomic E-state index is 12.1. The van der Waals surface area contributed by atoms with E-state index in [1.54, 1.807) is 0 Å². The molecule has 4 nitrogen and oxygen atoms in total. The molecule has 4 heteroatoms. The van der Waals surface area contributed by atoms with Gasteiger partial charge in [-0.1, -0.05) is 20.3 Å². The fourth-order valence-electron chi connectivity index (χ4n) is 2.09. The van der Waals surface area contributed by atoms with Gasteiger partial charge < -0.3 is 4.74 Å². The quantitative estimate of drug-likeness (QED) is 0.379. The fourth-order valence-corrected chi connectivity index (χ4v) is 2.09. The van der Waals surface area contributed by atoms with E-state index in [1.165, 1.54) is 0 Å². The molecule has 0 aromatic carbocycles. The van der Waals surface area contributed by atoms with Crippen LogP contribution in [0.15, 0.2) is 0 Å². The van der Waals surface area contributed by atoms with E-state index in [0.29, 0.717) is 0 Å². The third kappa shape index (κ3) is 4.94. The van der Waals surface area contributed by atoms with E-state index >= 15 is 0 Å². The second-order valence-corrected chi connectivity index (χ2v) is 5.88. The van der Waals surface area contributed by atoms with Crippen molar-refractivity contribution >= 4 is 5.97 Å². The highest BCUT2D eigenvalue weighted by Crippen LogP contribution is 2.35. The Kier molecular flexibility index (Phi) is 5.17. The van der Waals surface area contributed by atoms with Gasteiger partial charge in [-0.25, -0.2) is 0 Å². The van der Waals surface area contributed by atoms with Gasteiger partial charge in [-0.05, 0) is 40.0 Å². The first kappa shape index (κ1) is 15.4. The van der Waals surface area contributed by atoms with Gasteiger partial charge in [0.2, 0.25) is 5.79 Å². The Morgan fingerprint density at radius 3 is 2.39 bits per heavy atom. The van der Waals surface area contributed by atoms with Crippen LogP contribution in [-0.4, -0.2) is 17.4 Å². The van der Waals surface area contributed by atoms with Crippen molar-refractivity contribution in [2.45, 2.75) is 78.1 Å². The van der Waals surface area contributed by atoms with Crippen LogP contribution in [0, 0.1) is 5.92 Å². The molecule has 0 bridgehead atoms. The summed E-state index contributed by atoms with van der Waals surface area (Å²) in [6.45, 7) is 9.92. The molecule has 1 atom stereocenters. The van der Waals surface area contributed by atoms with Gasteiger partial charge in [0.15, 0.2) is 0 Å². The number of hydrogen-bond acceptors (Lipinski definition) is 4. The van der Waals surface area contributed by atoms with Crippen LogP contribution in [0.25, 0.3) is 0 Å². The Labute approximate surface area is 110 Å². The van der Waals surface area contributed by atoms with Crippen molar-refractivity contribution < 1.29 is 19.3 Å². The van der Waals surface area contributed by atoms with Gasteiger partial charge in [0.05, 0.1) is 5.92 Å². The summed E-state index contributed by atoms with van der Waals surface area (Å²) in [5.74, 6) is -0.627. The lowest BCUT2D eigenvalue weighted by Crippen LogP contribution is -2.31. The summed E-state index contributed by atoms with van der Waals surface area (Å²) >= 11 is 0. The predicted octanol–water partition coefficient (Wildman–Crippen LogP) is 3.59. The Morgan fingerprint density at radius 1 is 1.33 bits per heavy atom. The maximum absolute atomic E-state index is 12.1. The van der Waals surface area contributed by atoms with Gasteiger partial charge in [-0.15, -0.1) is 0 Å². The summed E-state index contributed by atoms with van der Waals surface area (Å²) in [4.78, 5) is 21.8. The first-order valence-electron chi connectivity index (χ1n) is 6.91. The van der Waals surface area contributed by atoms with E-state index in [-0.39, 0.29) is 17.5 Å². The van der Waals surface area contributed by atoms with E-state index in [4.69, 9.17) is 14.5 Å². The van der Waals surface area contributed by atoms with Gasteiger partial charge in [-0.2, -0.15) is 9.78 Å². The van der Waals surface area contributed by atoms with E-state index < -0.39 is 5.79 Å². The van der Waals surface area contributed by atoms with Crippen molar-refractivity contribution in [3.63, 3.8) is 0 Å². The fraction of sp³-hybridized carbons (Fsp3) is 0.929. The smallest absolute Gasteiger partial charge is 0.309 e. The molecule has 1 fully saturated rings. The van der Waals surface area contributed by atoms with Crippen LogP contribution in [0.4, 0.5) is 0 Å². The molecule has 1 aliphatic heterocycles. The van der Waals surface area contributed by atoms with Crippen LogP contribution in [0.2, 0.25) is 0 Å². The first-order valence-corrected chi connectivity index (χ1v) is 6.91. The van der Waals surface area contributed by atoms with Crippen molar-refractivity contribution in [3.8, 4) is 0 Å². The lowest BCUT2D eigenvalue weighted by atomic mass is 9.97. The zero-order valence-corrected chi connectivity index (χ0v) is 12.2. The SMILES string of the molecule is CCCC(C)(C)OC(=O)C(CC)CCC1(C)OO1. The summed E-state index contributed by atoms with van der Waals surface area (Å²) in [5.41, 5.74) is -0.365. The van der Waals surface area contributed by atoms with Crippen LogP contribution < -0.4 is 0 Å². The van der Waals surface area contributed by atoms with Gasteiger partial charge >= 0.3 is 5.97 Å². The zero-order chi connectivity index (χ0) is 13.8. The molecule has 0 saturated carbocycles. The molecule has 1 saturated heterocycles. The Bertz CT molecular complexity index is 282. The van der Waals surface area contributed by atoms with Crippen LogP contribution in [-0.2, 0) is 19.3 Å². The number of carbonyl (C=O) groups excluding carboxylic acids is 1. The minimum Gasteiger partial charge on any atom is -0.459 e. The van der Waals surface area contributed by atoms with Gasteiger partial charge in [0.1, 0.15) is 5.60 Å². The Hall–Kier alpha value is -0.610. The van der Waals surface area contributed by atoms with E-state index in [0.717, 1.165) is 32.1 Å². The number of rotatable bonds is 8. The highest BCUT2D eigenvalue weighted by atomic mass is 17.4. The maximum Gasteiger partial charge on any atom is 0.309 e. The van der Waals surface area contributed by atoms with Crippen LogP contribution in [0.3, 0.4) is 0 Å². The number of carbonyl (C=O) groups is 1. The molecule has 0 spiro atoms. The third-order valence-electron chi connectivity index (χ3n) is 3.37. The molecule has 0 amide bonds. The standard InChI is InChI=1S/C14H26O4/c1-6-9-13(3,4)16-12(15)11(7-2)8-10-14(5)17-18-14/h11H,6-10H2,1-5H3. The average molecular weight is 258 g/mol. The number of esters is 1. The van der Waals surface area contributed by atoms with Gasteiger partial charge in [0.25, 0.3) is 0 Å². The number of hydrogen-bond donors (Lipinski definition) is 0. The Morgan fingerprint density at radius 2 is 1.94 bits per heavy atom. The molecule has 1 aliphatic rings. The lowest BCUT2D eigenvalue weighted by molar-refractivity contribution is -0.162. The van der Waals surface area contributed by atoms with E-state index in [9.17, 15) is 4.79 Å². The van der Waals surface area contributed by atoms with Crippen molar-refractivity contribution in [1.82, 2.24) is 0 Å². The molecule has 0 aliphatic carbocycles. The largest absolute Gasteiger partial charge is 0.459 e. The minimum atomic E-state index is -0.466. The van der Waals surface area contributed by atoms with Crippen molar-refractivity contribution in [1.29, 1.82) is 0 Å². The van der Waals surface area contributed by atoms with E-state index in [1.807, 2.05) is 27.7 Å². The lowest BCUT2D eigenvalue weighted by Gasteiger charge is -2.27. The predicted molar refractivity (Wildman–Crippen MR) is 68.7 cm³/mol. The molecule has 0 aromatic rings. The van der Waals surface area contributed by atoms with Crippen molar-refractivity contribution in [3.05, 3.63) is 0 Å². The summed E-state index contributed by atoms with van der Waals surface area (Å²) in [6.07, 6.45) is 4.16. The summed E-state index contributed by atoms with van der Waals surface area (Å²) in [6, 6.07) is 0. The molecule has 0 aromatic heterocycles. The topological polar surface area (TPSA) is 51.4 Å². The normalized spacial score (nSPS) is 19.4. The van der Waals surface area contributed by atoms with Crippen molar-refractivity contribution in [2.24, 2.45) is 5.92 Å². The molecular formula is C14H26O4. The average Bonchev–Trinajstić information content (AvgIpc) is 2.96. The molecule has 106 valence electrons. The van der Waals surface area contributed by atoms with Crippen LogP contribution >= 0.6 is 0 Å². The monoisotopic (exact) mass is 258 g/mol. The summed E-state index contributed by atoms with van der Waals surface area (Å²) < 4.78 is 5.60. The zero-order valence-electron chi connectivity index (χ0n) is 12.2. The molecule has 0 radical (unpaired) electrons. The molecule has 1 rings (SSSR count). The van der Waals surface area contributed by atoms with Crippen LogP contribution in [0.1, 0.15) is 66.7 Å².